The third kappa shape index (κ3) is 3.72. The molecular weight excluding hydrogens is 306 g/mol. The van der Waals surface area contributed by atoms with E-state index >= 15 is 0 Å². The van der Waals surface area contributed by atoms with Crippen LogP contribution in [-0.2, 0) is 4.79 Å². The van der Waals surface area contributed by atoms with Gasteiger partial charge in [0, 0.05) is 17.6 Å². The average molecular weight is 326 g/mol. The van der Waals surface area contributed by atoms with E-state index in [1.807, 2.05) is 37.1 Å². The number of rotatable bonds is 4. The minimum absolute atomic E-state index is 0.0625. The van der Waals surface area contributed by atoms with Crippen molar-refractivity contribution in [3.05, 3.63) is 28.2 Å². The maximum atomic E-state index is 12.0. The Morgan fingerprint density at radius 3 is 2.74 bits per heavy atom. The van der Waals surface area contributed by atoms with Gasteiger partial charge < -0.3 is 9.64 Å². The summed E-state index contributed by atoms with van der Waals surface area (Å²) >= 11 is 3.45. The molecule has 1 aliphatic rings. The van der Waals surface area contributed by atoms with Gasteiger partial charge in [-0.1, -0.05) is 28.8 Å². The molecule has 19 heavy (non-hydrogen) atoms. The molecule has 0 N–H and O–H groups in total. The topological polar surface area (TPSA) is 29.5 Å². The van der Waals surface area contributed by atoms with Crippen LogP contribution in [0.4, 0.5) is 0 Å². The summed E-state index contributed by atoms with van der Waals surface area (Å²) in [5.74, 6) is 0.807. The van der Waals surface area contributed by atoms with Crippen LogP contribution in [0.2, 0.25) is 0 Å². The first-order valence-electron chi connectivity index (χ1n) is 6.72. The maximum absolute atomic E-state index is 12.0. The summed E-state index contributed by atoms with van der Waals surface area (Å²) in [5.41, 5.74) is 1.11. The van der Waals surface area contributed by atoms with Gasteiger partial charge in [-0.2, -0.15) is 0 Å². The number of likely N-dealkylation sites (N-methyl/N-ethyl adjacent to an activating group) is 1. The van der Waals surface area contributed by atoms with Crippen LogP contribution in [0.3, 0.4) is 0 Å². The van der Waals surface area contributed by atoms with E-state index < -0.39 is 0 Å². The lowest BCUT2D eigenvalue weighted by Crippen LogP contribution is -2.38. The van der Waals surface area contributed by atoms with Crippen molar-refractivity contribution >= 4 is 21.8 Å². The first kappa shape index (κ1) is 14.4. The van der Waals surface area contributed by atoms with Crippen LogP contribution in [0.5, 0.6) is 5.75 Å². The molecule has 4 heteroatoms. The second kappa shape index (κ2) is 6.42. The summed E-state index contributed by atoms with van der Waals surface area (Å²) in [6.07, 6.45) is 4.71. The fourth-order valence-corrected chi connectivity index (χ4v) is 2.70. The normalized spacial score (nSPS) is 15.5. The van der Waals surface area contributed by atoms with E-state index in [2.05, 4.69) is 15.9 Å². The first-order valence-corrected chi connectivity index (χ1v) is 7.52. The number of carbonyl (C=O) groups is 1. The van der Waals surface area contributed by atoms with Gasteiger partial charge in [-0.3, -0.25) is 4.79 Å². The van der Waals surface area contributed by atoms with Gasteiger partial charge in [0.1, 0.15) is 5.75 Å². The molecule has 1 aromatic carbocycles. The van der Waals surface area contributed by atoms with Crippen molar-refractivity contribution in [1.82, 2.24) is 4.90 Å². The Bertz CT molecular complexity index is 455. The Morgan fingerprint density at radius 2 is 2.11 bits per heavy atom. The van der Waals surface area contributed by atoms with E-state index in [0.717, 1.165) is 28.6 Å². The van der Waals surface area contributed by atoms with Crippen LogP contribution in [-0.4, -0.2) is 30.5 Å². The third-order valence-corrected chi connectivity index (χ3v) is 4.65. The number of hydrogen-bond acceptors (Lipinski definition) is 2. The molecule has 0 spiro atoms. The van der Waals surface area contributed by atoms with E-state index in [1.54, 1.807) is 0 Å². The molecular formula is C15H20BrNO2. The zero-order valence-electron chi connectivity index (χ0n) is 11.5. The van der Waals surface area contributed by atoms with Crippen LogP contribution in [0.1, 0.15) is 31.2 Å². The zero-order chi connectivity index (χ0) is 13.8. The highest BCUT2D eigenvalue weighted by atomic mass is 79.9. The molecule has 1 amide bonds. The molecule has 0 aromatic heterocycles. The molecule has 3 nitrogen and oxygen atoms in total. The van der Waals surface area contributed by atoms with Crippen molar-refractivity contribution in [2.75, 3.05) is 13.7 Å². The number of carbonyl (C=O) groups excluding carboxylic acids is 1. The van der Waals surface area contributed by atoms with Crippen molar-refractivity contribution in [2.24, 2.45) is 0 Å². The number of nitrogens with zero attached hydrogens (tertiary/aromatic N) is 1. The van der Waals surface area contributed by atoms with Crippen molar-refractivity contribution in [1.29, 1.82) is 0 Å². The van der Waals surface area contributed by atoms with Gasteiger partial charge in [0.15, 0.2) is 6.61 Å². The Labute approximate surface area is 123 Å². The number of ether oxygens (including phenoxy) is 1. The quantitative estimate of drug-likeness (QED) is 0.847. The van der Waals surface area contributed by atoms with Gasteiger partial charge in [-0.15, -0.1) is 0 Å². The van der Waals surface area contributed by atoms with Gasteiger partial charge in [0.2, 0.25) is 0 Å². The Balaban J connectivity index is 1.87. The minimum atomic E-state index is 0.0625. The number of halogens is 1. The number of aryl methyl sites for hydroxylation is 1. The number of hydrogen-bond donors (Lipinski definition) is 0. The fraction of sp³-hybridized carbons (Fsp3) is 0.533. The molecule has 1 saturated carbocycles. The monoisotopic (exact) mass is 325 g/mol. The summed E-state index contributed by atoms with van der Waals surface area (Å²) < 4.78 is 6.62. The Morgan fingerprint density at radius 1 is 1.42 bits per heavy atom. The molecule has 1 fully saturated rings. The highest BCUT2D eigenvalue weighted by Crippen LogP contribution is 2.23. The fourth-order valence-electron chi connectivity index (χ4n) is 2.45. The smallest absolute Gasteiger partial charge is 0.260 e. The lowest BCUT2D eigenvalue weighted by molar-refractivity contribution is -0.134. The maximum Gasteiger partial charge on any atom is 0.260 e. The molecule has 0 bridgehead atoms. The predicted molar refractivity (Wildman–Crippen MR) is 79.4 cm³/mol. The molecule has 0 heterocycles. The van der Waals surface area contributed by atoms with Crippen LogP contribution in [0, 0.1) is 6.92 Å². The van der Waals surface area contributed by atoms with Crippen LogP contribution >= 0.6 is 15.9 Å². The van der Waals surface area contributed by atoms with Crippen LogP contribution < -0.4 is 4.74 Å². The van der Waals surface area contributed by atoms with Crippen molar-refractivity contribution in [3.63, 3.8) is 0 Å². The van der Waals surface area contributed by atoms with Gasteiger partial charge in [-0.05, 0) is 43.5 Å². The summed E-state index contributed by atoms with van der Waals surface area (Å²) in [5, 5.41) is 0. The first-order chi connectivity index (χ1) is 9.08. The molecule has 1 aromatic rings. The molecule has 2 rings (SSSR count). The Kier molecular flexibility index (Phi) is 4.86. The summed E-state index contributed by atoms with van der Waals surface area (Å²) in [7, 11) is 1.88. The highest BCUT2D eigenvalue weighted by Gasteiger charge is 2.23. The van der Waals surface area contributed by atoms with E-state index in [0.29, 0.717) is 6.04 Å². The SMILES string of the molecule is Cc1cc(OCC(=O)N(C)C2CCCC2)ccc1Br. The predicted octanol–water partition coefficient (Wildman–Crippen LogP) is 3.54. The molecule has 0 radical (unpaired) electrons. The average Bonchev–Trinajstić information content (AvgIpc) is 2.93. The largest absolute Gasteiger partial charge is 0.484 e. The third-order valence-electron chi connectivity index (χ3n) is 3.76. The lowest BCUT2D eigenvalue weighted by atomic mass is 10.2. The van der Waals surface area contributed by atoms with Crippen LogP contribution in [0.15, 0.2) is 22.7 Å². The van der Waals surface area contributed by atoms with Crippen LogP contribution in [0.25, 0.3) is 0 Å². The van der Waals surface area contributed by atoms with Gasteiger partial charge in [0.25, 0.3) is 5.91 Å². The summed E-state index contributed by atoms with van der Waals surface area (Å²) in [6.45, 7) is 2.12. The Hall–Kier alpha value is -1.03. The summed E-state index contributed by atoms with van der Waals surface area (Å²) in [4.78, 5) is 13.9. The molecule has 0 atom stereocenters. The van der Waals surface area contributed by atoms with E-state index in [-0.39, 0.29) is 12.5 Å². The van der Waals surface area contributed by atoms with Gasteiger partial charge in [0.05, 0.1) is 0 Å². The second-order valence-corrected chi connectivity index (χ2v) is 6.00. The van der Waals surface area contributed by atoms with Gasteiger partial charge >= 0.3 is 0 Å². The zero-order valence-corrected chi connectivity index (χ0v) is 13.1. The van der Waals surface area contributed by atoms with Gasteiger partial charge in [-0.25, -0.2) is 0 Å². The molecule has 0 aliphatic heterocycles. The number of amides is 1. The van der Waals surface area contributed by atoms with E-state index in [1.165, 1.54) is 12.8 Å². The number of benzene rings is 1. The highest BCUT2D eigenvalue weighted by molar-refractivity contribution is 9.10. The molecule has 0 saturated heterocycles. The minimum Gasteiger partial charge on any atom is -0.484 e. The van der Waals surface area contributed by atoms with Crippen molar-refractivity contribution < 1.29 is 9.53 Å². The van der Waals surface area contributed by atoms with E-state index in [9.17, 15) is 4.79 Å². The molecule has 0 unspecified atom stereocenters. The lowest BCUT2D eigenvalue weighted by Gasteiger charge is -2.24. The summed E-state index contributed by atoms with van der Waals surface area (Å²) in [6, 6.07) is 6.16. The second-order valence-electron chi connectivity index (χ2n) is 5.14. The molecule has 1 aliphatic carbocycles. The van der Waals surface area contributed by atoms with Crippen molar-refractivity contribution in [3.8, 4) is 5.75 Å². The van der Waals surface area contributed by atoms with E-state index in [4.69, 9.17) is 4.74 Å². The van der Waals surface area contributed by atoms with Crippen molar-refractivity contribution in [2.45, 2.75) is 38.6 Å². The standard InChI is InChI=1S/C15H20BrNO2/c1-11-9-13(7-8-14(11)16)19-10-15(18)17(2)12-5-3-4-6-12/h7-9,12H,3-6,10H2,1-2H3. The molecule has 104 valence electrons.